The Morgan fingerprint density at radius 1 is 1.45 bits per heavy atom. The summed E-state index contributed by atoms with van der Waals surface area (Å²) in [5, 5.41) is 0.563. The van der Waals surface area contributed by atoms with Crippen molar-refractivity contribution in [2.24, 2.45) is 5.92 Å². The number of methoxy groups -OCH3 is 1. The fourth-order valence-corrected chi connectivity index (χ4v) is 2.83. The molecular formula is C14H15BrClNO3. The second-order valence-electron chi connectivity index (χ2n) is 4.74. The Morgan fingerprint density at radius 3 is 2.85 bits per heavy atom. The van der Waals surface area contributed by atoms with Gasteiger partial charge in [-0.3, -0.25) is 9.59 Å². The fraction of sp³-hybridized carbons (Fsp3) is 0.429. The van der Waals surface area contributed by atoms with Crippen LogP contribution in [0.25, 0.3) is 0 Å². The van der Waals surface area contributed by atoms with Gasteiger partial charge in [0, 0.05) is 23.1 Å². The Kier molecular flexibility index (Phi) is 5.05. The first kappa shape index (κ1) is 15.3. The molecule has 0 N–H and O–H groups in total. The van der Waals surface area contributed by atoms with Crippen molar-refractivity contribution in [3.8, 4) is 0 Å². The zero-order chi connectivity index (χ0) is 14.7. The third kappa shape index (κ3) is 3.33. The highest BCUT2D eigenvalue weighted by Gasteiger charge is 2.29. The Bertz CT molecular complexity index is 535. The molecule has 1 fully saturated rings. The molecule has 6 heteroatoms. The minimum atomic E-state index is -0.250. The molecule has 0 radical (unpaired) electrons. The minimum Gasteiger partial charge on any atom is -0.469 e. The number of carbonyl (C=O) groups is 2. The maximum atomic E-state index is 12.4. The summed E-state index contributed by atoms with van der Waals surface area (Å²) in [4.78, 5) is 25.7. The van der Waals surface area contributed by atoms with Crippen molar-refractivity contribution in [3.63, 3.8) is 0 Å². The number of nitrogens with zero attached hydrogens (tertiary/aromatic N) is 1. The topological polar surface area (TPSA) is 46.6 Å². The summed E-state index contributed by atoms with van der Waals surface area (Å²) in [5.74, 6) is -0.566. The lowest BCUT2D eigenvalue weighted by molar-refractivity contribution is -0.146. The summed E-state index contributed by atoms with van der Waals surface area (Å²) < 4.78 is 5.44. The summed E-state index contributed by atoms with van der Waals surface area (Å²) in [7, 11) is 1.37. The Labute approximate surface area is 131 Å². The Balaban J connectivity index is 2.12. The van der Waals surface area contributed by atoms with Crippen LogP contribution >= 0.6 is 27.5 Å². The van der Waals surface area contributed by atoms with Gasteiger partial charge in [0.15, 0.2) is 0 Å². The lowest BCUT2D eigenvalue weighted by atomic mass is 9.97. The number of likely N-dealkylation sites (tertiary alicyclic amines) is 1. The summed E-state index contributed by atoms with van der Waals surface area (Å²) in [6.45, 7) is 1.07. The van der Waals surface area contributed by atoms with E-state index >= 15 is 0 Å². The van der Waals surface area contributed by atoms with Crippen LogP contribution in [0.3, 0.4) is 0 Å². The highest BCUT2D eigenvalue weighted by atomic mass is 79.9. The third-order valence-electron chi connectivity index (χ3n) is 3.41. The molecule has 1 saturated heterocycles. The highest BCUT2D eigenvalue weighted by molar-refractivity contribution is 9.10. The summed E-state index contributed by atoms with van der Waals surface area (Å²) in [5.41, 5.74) is 0.562. The van der Waals surface area contributed by atoms with Crippen LogP contribution in [0, 0.1) is 5.92 Å². The summed E-state index contributed by atoms with van der Waals surface area (Å²) in [6.07, 6.45) is 1.57. The molecule has 1 aliphatic heterocycles. The number of amides is 1. The smallest absolute Gasteiger partial charge is 0.310 e. The molecule has 0 bridgehead atoms. The van der Waals surface area contributed by atoms with Gasteiger partial charge in [-0.25, -0.2) is 0 Å². The number of hydrogen-bond acceptors (Lipinski definition) is 3. The highest BCUT2D eigenvalue weighted by Crippen LogP contribution is 2.25. The van der Waals surface area contributed by atoms with Crippen LogP contribution in [0.5, 0.6) is 0 Å². The van der Waals surface area contributed by atoms with Gasteiger partial charge in [0.25, 0.3) is 5.91 Å². The zero-order valence-corrected chi connectivity index (χ0v) is 13.4. The van der Waals surface area contributed by atoms with Crippen molar-refractivity contribution in [1.29, 1.82) is 0 Å². The average molecular weight is 361 g/mol. The number of hydrogen-bond donors (Lipinski definition) is 0. The van der Waals surface area contributed by atoms with Gasteiger partial charge in [-0.05, 0) is 47.0 Å². The molecule has 1 aliphatic rings. The van der Waals surface area contributed by atoms with Gasteiger partial charge in [0.2, 0.25) is 0 Å². The molecule has 0 aromatic heterocycles. The van der Waals surface area contributed by atoms with E-state index in [9.17, 15) is 9.59 Å². The molecular weight excluding hydrogens is 346 g/mol. The number of ether oxygens (including phenoxy) is 1. The van der Waals surface area contributed by atoms with Crippen LogP contribution in [0.1, 0.15) is 23.2 Å². The number of halogens is 2. The van der Waals surface area contributed by atoms with Gasteiger partial charge in [-0.2, -0.15) is 0 Å². The Hall–Kier alpha value is -1.07. The van der Waals surface area contributed by atoms with Crippen LogP contribution < -0.4 is 0 Å². The fourth-order valence-electron chi connectivity index (χ4n) is 2.33. The van der Waals surface area contributed by atoms with Crippen molar-refractivity contribution in [2.45, 2.75) is 12.8 Å². The predicted molar refractivity (Wildman–Crippen MR) is 79.8 cm³/mol. The first-order valence-electron chi connectivity index (χ1n) is 6.35. The average Bonchev–Trinajstić information content (AvgIpc) is 2.48. The van der Waals surface area contributed by atoms with Crippen molar-refractivity contribution < 1.29 is 14.3 Å². The van der Waals surface area contributed by atoms with Gasteiger partial charge in [0.05, 0.1) is 18.1 Å². The molecule has 0 aliphatic carbocycles. The lowest BCUT2D eigenvalue weighted by Crippen LogP contribution is -2.42. The molecule has 0 spiro atoms. The van der Waals surface area contributed by atoms with Gasteiger partial charge in [-0.15, -0.1) is 0 Å². The number of benzene rings is 1. The molecule has 1 aromatic carbocycles. The normalized spacial score (nSPS) is 18.8. The van der Waals surface area contributed by atoms with E-state index in [1.807, 2.05) is 0 Å². The van der Waals surface area contributed by atoms with Gasteiger partial charge >= 0.3 is 5.97 Å². The molecule has 4 nitrogen and oxygen atoms in total. The van der Waals surface area contributed by atoms with E-state index in [-0.39, 0.29) is 17.8 Å². The van der Waals surface area contributed by atoms with Gasteiger partial charge < -0.3 is 9.64 Å². The van der Waals surface area contributed by atoms with E-state index in [1.54, 1.807) is 23.1 Å². The first-order chi connectivity index (χ1) is 9.52. The Morgan fingerprint density at radius 2 is 2.20 bits per heavy atom. The number of esters is 1. The maximum Gasteiger partial charge on any atom is 0.310 e. The van der Waals surface area contributed by atoms with Crippen LogP contribution in [0.2, 0.25) is 5.02 Å². The van der Waals surface area contributed by atoms with Crippen molar-refractivity contribution in [1.82, 2.24) is 4.90 Å². The van der Waals surface area contributed by atoms with Crippen molar-refractivity contribution in [3.05, 3.63) is 33.3 Å². The van der Waals surface area contributed by atoms with E-state index in [4.69, 9.17) is 16.3 Å². The number of carbonyl (C=O) groups excluding carboxylic acids is 2. The third-order valence-corrected chi connectivity index (χ3v) is 4.62. The molecule has 1 aromatic rings. The standard InChI is InChI=1S/C14H15BrClNO3/c1-20-14(19)10-3-2-6-17(8-10)13(18)9-4-5-12(16)11(15)7-9/h4-5,7,10H,2-3,6,8H2,1H3/t10-/m0/s1. The molecule has 0 unspecified atom stereocenters. The van der Waals surface area contributed by atoms with E-state index in [0.29, 0.717) is 28.1 Å². The van der Waals surface area contributed by atoms with Gasteiger partial charge in [-0.1, -0.05) is 11.6 Å². The van der Waals surface area contributed by atoms with E-state index in [2.05, 4.69) is 15.9 Å². The monoisotopic (exact) mass is 359 g/mol. The van der Waals surface area contributed by atoms with Crippen LogP contribution in [0.4, 0.5) is 0 Å². The summed E-state index contributed by atoms with van der Waals surface area (Å²) >= 11 is 9.23. The molecule has 1 atom stereocenters. The predicted octanol–water partition coefficient (Wildman–Crippen LogP) is 3.13. The summed E-state index contributed by atoms with van der Waals surface area (Å²) in [6, 6.07) is 5.07. The maximum absolute atomic E-state index is 12.4. The second kappa shape index (κ2) is 6.59. The van der Waals surface area contributed by atoms with Crippen LogP contribution in [-0.4, -0.2) is 37.0 Å². The van der Waals surface area contributed by atoms with Crippen LogP contribution in [0.15, 0.2) is 22.7 Å². The van der Waals surface area contributed by atoms with E-state index in [1.165, 1.54) is 7.11 Å². The second-order valence-corrected chi connectivity index (χ2v) is 6.00. The van der Waals surface area contributed by atoms with Crippen LogP contribution in [-0.2, 0) is 9.53 Å². The van der Waals surface area contributed by atoms with Crippen molar-refractivity contribution in [2.75, 3.05) is 20.2 Å². The SMILES string of the molecule is COC(=O)[C@H]1CCCN(C(=O)c2ccc(Cl)c(Br)c2)C1. The van der Waals surface area contributed by atoms with E-state index in [0.717, 1.165) is 12.8 Å². The quantitative estimate of drug-likeness (QED) is 0.761. The first-order valence-corrected chi connectivity index (χ1v) is 7.52. The molecule has 1 heterocycles. The van der Waals surface area contributed by atoms with Crippen molar-refractivity contribution >= 4 is 39.4 Å². The molecule has 108 valence electrons. The molecule has 20 heavy (non-hydrogen) atoms. The molecule has 1 amide bonds. The largest absolute Gasteiger partial charge is 0.469 e. The number of rotatable bonds is 2. The zero-order valence-electron chi connectivity index (χ0n) is 11.1. The van der Waals surface area contributed by atoms with Gasteiger partial charge in [0.1, 0.15) is 0 Å². The molecule has 0 saturated carbocycles. The van der Waals surface area contributed by atoms with E-state index < -0.39 is 0 Å². The molecule has 2 rings (SSSR count). The minimum absolute atomic E-state index is 0.0871. The lowest BCUT2D eigenvalue weighted by Gasteiger charge is -2.31. The number of piperidine rings is 1.